The summed E-state index contributed by atoms with van der Waals surface area (Å²) >= 11 is 0. The third-order valence-electron chi connectivity index (χ3n) is 2.04. The minimum absolute atomic E-state index is 0.111. The predicted octanol–water partition coefficient (Wildman–Crippen LogP) is 1.30. The Kier molecular flexibility index (Phi) is 3.52. The summed E-state index contributed by atoms with van der Waals surface area (Å²) in [7, 11) is 0. The summed E-state index contributed by atoms with van der Waals surface area (Å²) in [5.41, 5.74) is -0.218. The third kappa shape index (κ3) is 2.73. The van der Waals surface area contributed by atoms with Crippen LogP contribution in [0.3, 0.4) is 0 Å². The highest BCUT2D eigenvalue weighted by Gasteiger charge is 2.18. The van der Waals surface area contributed by atoms with Crippen molar-refractivity contribution in [2.75, 3.05) is 13.2 Å². The first-order valence-electron chi connectivity index (χ1n) is 4.84. The molecule has 1 aromatic heterocycles. The van der Waals surface area contributed by atoms with Gasteiger partial charge in [-0.1, -0.05) is 13.8 Å². The van der Waals surface area contributed by atoms with Crippen LogP contribution in [0.1, 0.15) is 20.8 Å². The van der Waals surface area contributed by atoms with Gasteiger partial charge in [0, 0.05) is 24.4 Å². The number of ether oxygens (including phenoxy) is 1. The molecular formula is C10H18N2O2. The first-order chi connectivity index (χ1) is 6.59. The Hall–Kier alpha value is -1.03. The van der Waals surface area contributed by atoms with Crippen molar-refractivity contribution in [2.24, 2.45) is 5.41 Å². The van der Waals surface area contributed by atoms with Gasteiger partial charge in [0.1, 0.15) is 0 Å². The van der Waals surface area contributed by atoms with Crippen LogP contribution in [0, 0.1) is 5.41 Å². The van der Waals surface area contributed by atoms with Gasteiger partial charge in [-0.3, -0.25) is 0 Å². The maximum atomic E-state index is 9.04. The molecular weight excluding hydrogens is 180 g/mol. The standard InChI is InChI=1S/C10H18N2O2/c1-4-12-6-5-11-9(12)14-8-10(2,3)7-13/h5-6,13H,4,7-8H2,1-3H3. The Morgan fingerprint density at radius 2 is 2.29 bits per heavy atom. The molecule has 0 radical (unpaired) electrons. The van der Waals surface area contributed by atoms with Gasteiger partial charge in [0.15, 0.2) is 0 Å². The van der Waals surface area contributed by atoms with E-state index < -0.39 is 0 Å². The van der Waals surface area contributed by atoms with E-state index in [-0.39, 0.29) is 12.0 Å². The van der Waals surface area contributed by atoms with E-state index in [1.165, 1.54) is 0 Å². The number of hydrogen-bond acceptors (Lipinski definition) is 3. The molecule has 1 heterocycles. The van der Waals surface area contributed by atoms with Crippen LogP contribution >= 0.6 is 0 Å². The van der Waals surface area contributed by atoms with Gasteiger partial charge in [0.2, 0.25) is 0 Å². The van der Waals surface area contributed by atoms with Crippen LogP contribution in [0.5, 0.6) is 6.01 Å². The lowest BCUT2D eigenvalue weighted by Gasteiger charge is -2.21. The Morgan fingerprint density at radius 3 is 2.86 bits per heavy atom. The van der Waals surface area contributed by atoms with Crippen LogP contribution in [-0.4, -0.2) is 27.9 Å². The average Bonchev–Trinajstić information content (AvgIpc) is 2.62. The Morgan fingerprint density at radius 1 is 1.57 bits per heavy atom. The maximum Gasteiger partial charge on any atom is 0.296 e. The van der Waals surface area contributed by atoms with Crippen LogP contribution in [0.4, 0.5) is 0 Å². The van der Waals surface area contributed by atoms with Gasteiger partial charge in [-0.25, -0.2) is 4.98 Å². The Bertz CT molecular complexity index is 281. The minimum Gasteiger partial charge on any atom is -0.464 e. The number of aliphatic hydroxyl groups excluding tert-OH is 1. The predicted molar refractivity (Wildman–Crippen MR) is 54.3 cm³/mol. The van der Waals surface area contributed by atoms with Gasteiger partial charge in [-0.05, 0) is 6.92 Å². The first-order valence-corrected chi connectivity index (χ1v) is 4.84. The lowest BCUT2D eigenvalue weighted by atomic mass is 9.97. The summed E-state index contributed by atoms with van der Waals surface area (Å²) in [5.74, 6) is 0. The van der Waals surface area contributed by atoms with E-state index in [0.717, 1.165) is 6.54 Å². The van der Waals surface area contributed by atoms with Crippen molar-refractivity contribution in [1.29, 1.82) is 0 Å². The molecule has 14 heavy (non-hydrogen) atoms. The van der Waals surface area contributed by atoms with Crippen molar-refractivity contribution in [2.45, 2.75) is 27.3 Å². The summed E-state index contributed by atoms with van der Waals surface area (Å²) in [5, 5.41) is 9.04. The molecule has 0 bridgehead atoms. The van der Waals surface area contributed by atoms with E-state index in [1.807, 2.05) is 31.5 Å². The van der Waals surface area contributed by atoms with Crippen molar-refractivity contribution >= 4 is 0 Å². The number of imidazole rings is 1. The Labute approximate surface area is 84.5 Å². The molecule has 0 fully saturated rings. The average molecular weight is 198 g/mol. The number of aryl methyl sites for hydroxylation is 1. The molecule has 1 aromatic rings. The monoisotopic (exact) mass is 198 g/mol. The maximum absolute atomic E-state index is 9.04. The third-order valence-corrected chi connectivity index (χ3v) is 2.04. The highest BCUT2D eigenvalue weighted by Crippen LogP contribution is 2.16. The lowest BCUT2D eigenvalue weighted by molar-refractivity contribution is 0.0903. The van der Waals surface area contributed by atoms with Crippen LogP contribution in [0.25, 0.3) is 0 Å². The topological polar surface area (TPSA) is 47.3 Å². The fraction of sp³-hybridized carbons (Fsp3) is 0.700. The first kappa shape index (κ1) is 11.0. The number of hydrogen-bond donors (Lipinski definition) is 1. The van der Waals surface area contributed by atoms with Gasteiger partial charge < -0.3 is 14.4 Å². The zero-order valence-electron chi connectivity index (χ0n) is 9.03. The second-order valence-electron chi connectivity index (χ2n) is 4.11. The molecule has 80 valence electrons. The molecule has 0 unspecified atom stereocenters. The van der Waals surface area contributed by atoms with E-state index in [9.17, 15) is 0 Å². The fourth-order valence-electron chi connectivity index (χ4n) is 0.982. The molecule has 0 saturated heterocycles. The quantitative estimate of drug-likeness (QED) is 0.775. The largest absolute Gasteiger partial charge is 0.464 e. The fourth-order valence-corrected chi connectivity index (χ4v) is 0.982. The number of aromatic nitrogens is 2. The van der Waals surface area contributed by atoms with Gasteiger partial charge in [-0.2, -0.15) is 0 Å². The molecule has 0 aliphatic rings. The van der Waals surface area contributed by atoms with E-state index in [0.29, 0.717) is 12.6 Å². The summed E-state index contributed by atoms with van der Waals surface area (Å²) in [6.45, 7) is 7.36. The van der Waals surface area contributed by atoms with E-state index in [2.05, 4.69) is 4.98 Å². The number of nitrogens with zero attached hydrogens (tertiary/aromatic N) is 2. The highest BCUT2D eigenvalue weighted by molar-refractivity contribution is 4.98. The molecule has 1 N–H and O–H groups in total. The zero-order chi connectivity index (χ0) is 10.6. The molecule has 0 amide bonds. The summed E-state index contributed by atoms with van der Waals surface area (Å²) in [6.07, 6.45) is 3.59. The zero-order valence-corrected chi connectivity index (χ0v) is 9.03. The van der Waals surface area contributed by atoms with Crippen molar-refractivity contribution in [3.8, 4) is 6.01 Å². The van der Waals surface area contributed by atoms with E-state index in [1.54, 1.807) is 6.20 Å². The second kappa shape index (κ2) is 4.46. The number of aliphatic hydroxyl groups is 1. The van der Waals surface area contributed by atoms with Crippen LogP contribution in [-0.2, 0) is 6.54 Å². The second-order valence-corrected chi connectivity index (χ2v) is 4.11. The van der Waals surface area contributed by atoms with Gasteiger partial charge in [0.25, 0.3) is 6.01 Å². The summed E-state index contributed by atoms with van der Waals surface area (Å²) < 4.78 is 7.44. The lowest BCUT2D eigenvalue weighted by Crippen LogP contribution is -2.26. The highest BCUT2D eigenvalue weighted by atomic mass is 16.5. The van der Waals surface area contributed by atoms with Crippen LogP contribution < -0.4 is 4.74 Å². The molecule has 1 rings (SSSR count). The minimum atomic E-state index is -0.218. The van der Waals surface area contributed by atoms with Crippen molar-refractivity contribution in [1.82, 2.24) is 9.55 Å². The molecule has 0 aliphatic carbocycles. The smallest absolute Gasteiger partial charge is 0.296 e. The molecule has 0 saturated carbocycles. The Balaban J connectivity index is 2.53. The van der Waals surface area contributed by atoms with Crippen molar-refractivity contribution < 1.29 is 9.84 Å². The van der Waals surface area contributed by atoms with Crippen LogP contribution in [0.15, 0.2) is 12.4 Å². The van der Waals surface area contributed by atoms with Gasteiger partial charge >= 0.3 is 0 Å². The molecule has 0 atom stereocenters. The molecule has 4 nitrogen and oxygen atoms in total. The molecule has 0 aromatic carbocycles. The van der Waals surface area contributed by atoms with E-state index >= 15 is 0 Å². The summed E-state index contributed by atoms with van der Waals surface area (Å²) in [6, 6.07) is 0.619. The SMILES string of the molecule is CCn1ccnc1OCC(C)(C)CO. The number of rotatable bonds is 5. The van der Waals surface area contributed by atoms with E-state index in [4.69, 9.17) is 9.84 Å². The normalized spacial score (nSPS) is 11.7. The van der Waals surface area contributed by atoms with Crippen molar-refractivity contribution in [3.63, 3.8) is 0 Å². The van der Waals surface area contributed by atoms with Gasteiger partial charge in [0.05, 0.1) is 13.2 Å². The molecule has 4 heteroatoms. The molecule has 0 aliphatic heterocycles. The van der Waals surface area contributed by atoms with Crippen LogP contribution in [0.2, 0.25) is 0 Å². The van der Waals surface area contributed by atoms with Crippen molar-refractivity contribution in [3.05, 3.63) is 12.4 Å². The van der Waals surface area contributed by atoms with Gasteiger partial charge in [-0.15, -0.1) is 0 Å². The summed E-state index contributed by atoms with van der Waals surface area (Å²) in [4.78, 5) is 4.08. The molecule has 0 spiro atoms.